The summed E-state index contributed by atoms with van der Waals surface area (Å²) in [6.07, 6.45) is 2.28. The van der Waals surface area contributed by atoms with E-state index in [0.29, 0.717) is 6.54 Å². The van der Waals surface area contributed by atoms with Gasteiger partial charge in [0.1, 0.15) is 0 Å². The van der Waals surface area contributed by atoms with Crippen LogP contribution in [0.4, 0.5) is 5.13 Å². The van der Waals surface area contributed by atoms with Crippen LogP contribution in [0.1, 0.15) is 32.4 Å². The molecule has 2 heterocycles. The number of nitrogens with two attached hydrogens (primary N) is 1. The van der Waals surface area contributed by atoms with E-state index in [1.165, 1.54) is 11.3 Å². The smallest absolute Gasteiger partial charge is 0.225 e. The summed E-state index contributed by atoms with van der Waals surface area (Å²) in [5.74, 6) is 0.0448. The molecule has 5 nitrogen and oxygen atoms in total. The number of amides is 1. The molecule has 0 spiro atoms. The monoisotopic (exact) mass is 282 g/mol. The van der Waals surface area contributed by atoms with Crippen LogP contribution in [0.25, 0.3) is 0 Å². The van der Waals surface area contributed by atoms with E-state index in [1.54, 1.807) is 11.8 Å². The quantitative estimate of drug-likeness (QED) is 0.907. The summed E-state index contributed by atoms with van der Waals surface area (Å²) in [5, 5.41) is 2.84. The summed E-state index contributed by atoms with van der Waals surface area (Å²) in [4.78, 5) is 20.1. The molecule has 0 aromatic carbocycles. The van der Waals surface area contributed by atoms with Gasteiger partial charge in [0.05, 0.1) is 5.69 Å². The minimum Gasteiger partial charge on any atom is -0.327 e. The molecule has 0 unspecified atom stereocenters. The summed E-state index contributed by atoms with van der Waals surface area (Å²) < 4.78 is 0. The average Bonchev–Trinajstić information content (AvgIpc) is 2.78. The summed E-state index contributed by atoms with van der Waals surface area (Å²) in [6, 6.07) is 0.288. The number of hydrogen-bond donors (Lipinski definition) is 1. The first kappa shape index (κ1) is 14.4. The van der Waals surface area contributed by atoms with Crippen molar-refractivity contribution in [1.29, 1.82) is 0 Å². The van der Waals surface area contributed by atoms with Crippen LogP contribution in [0.2, 0.25) is 0 Å². The van der Waals surface area contributed by atoms with Gasteiger partial charge >= 0.3 is 0 Å². The Morgan fingerprint density at radius 2 is 2.47 bits per heavy atom. The van der Waals surface area contributed by atoms with Crippen molar-refractivity contribution in [2.24, 2.45) is 5.73 Å². The molecule has 1 atom stereocenters. The molecular weight excluding hydrogens is 260 g/mol. The van der Waals surface area contributed by atoms with Crippen molar-refractivity contribution < 1.29 is 4.79 Å². The fourth-order valence-corrected chi connectivity index (χ4v) is 3.37. The molecule has 0 aliphatic carbocycles. The van der Waals surface area contributed by atoms with Gasteiger partial charge in [-0.3, -0.25) is 14.6 Å². The molecular formula is C13H22N4OS. The molecule has 1 aliphatic rings. The first-order chi connectivity index (χ1) is 9.10. The first-order valence-corrected chi connectivity index (χ1v) is 7.68. The Labute approximate surface area is 118 Å². The maximum atomic E-state index is 11.5. The molecule has 0 bridgehead atoms. The Kier molecular flexibility index (Phi) is 4.90. The topological polar surface area (TPSA) is 62.5 Å². The van der Waals surface area contributed by atoms with Gasteiger partial charge in [-0.1, -0.05) is 0 Å². The van der Waals surface area contributed by atoms with E-state index >= 15 is 0 Å². The van der Waals surface area contributed by atoms with Gasteiger partial charge in [-0.15, -0.1) is 11.3 Å². The molecule has 2 rings (SSSR count). The predicted molar refractivity (Wildman–Crippen MR) is 78.3 cm³/mol. The van der Waals surface area contributed by atoms with E-state index < -0.39 is 0 Å². The van der Waals surface area contributed by atoms with E-state index in [0.717, 1.165) is 43.3 Å². The van der Waals surface area contributed by atoms with Gasteiger partial charge in [-0.2, -0.15) is 0 Å². The number of hydrogen-bond acceptors (Lipinski definition) is 5. The standard InChI is InChI=1S/C13H22N4OS/c1-3-17(10(2)18)13-15-12(9-19-13)8-16-6-4-5-11(14)7-16/h9,11H,3-8,14H2,1-2H3/t11-/m1/s1. The van der Waals surface area contributed by atoms with Crippen LogP contribution in [0.3, 0.4) is 0 Å². The third-order valence-electron chi connectivity index (χ3n) is 3.39. The van der Waals surface area contributed by atoms with E-state index in [2.05, 4.69) is 9.88 Å². The Morgan fingerprint density at radius 1 is 1.68 bits per heavy atom. The molecule has 6 heteroatoms. The molecule has 106 valence electrons. The van der Waals surface area contributed by atoms with Crippen molar-refractivity contribution in [3.8, 4) is 0 Å². The number of rotatable bonds is 4. The normalized spacial score (nSPS) is 20.5. The number of piperidine rings is 1. The van der Waals surface area contributed by atoms with E-state index in [4.69, 9.17) is 5.73 Å². The lowest BCUT2D eigenvalue weighted by atomic mass is 10.1. The summed E-state index contributed by atoms with van der Waals surface area (Å²) in [6.45, 7) is 7.07. The lowest BCUT2D eigenvalue weighted by molar-refractivity contribution is -0.116. The van der Waals surface area contributed by atoms with Crippen LogP contribution in [0.5, 0.6) is 0 Å². The maximum Gasteiger partial charge on any atom is 0.225 e. The second kappa shape index (κ2) is 6.45. The van der Waals surface area contributed by atoms with Crippen LogP contribution in [-0.4, -0.2) is 41.5 Å². The molecule has 1 saturated heterocycles. The highest BCUT2D eigenvalue weighted by atomic mass is 32.1. The van der Waals surface area contributed by atoms with Gasteiger partial charge in [0.25, 0.3) is 0 Å². The van der Waals surface area contributed by atoms with E-state index in [-0.39, 0.29) is 11.9 Å². The van der Waals surface area contributed by atoms with Crippen LogP contribution in [0.15, 0.2) is 5.38 Å². The Morgan fingerprint density at radius 3 is 3.11 bits per heavy atom. The van der Waals surface area contributed by atoms with Gasteiger partial charge < -0.3 is 5.73 Å². The minimum absolute atomic E-state index is 0.0448. The van der Waals surface area contributed by atoms with Crippen LogP contribution in [-0.2, 0) is 11.3 Å². The average molecular weight is 282 g/mol. The number of carbonyl (C=O) groups is 1. The number of thiazole rings is 1. The van der Waals surface area contributed by atoms with Crippen molar-refractivity contribution in [2.45, 2.75) is 39.3 Å². The molecule has 1 aliphatic heterocycles. The van der Waals surface area contributed by atoms with Crippen molar-refractivity contribution >= 4 is 22.4 Å². The lowest BCUT2D eigenvalue weighted by Gasteiger charge is -2.29. The minimum atomic E-state index is 0.0448. The Balaban J connectivity index is 1.98. The highest BCUT2D eigenvalue weighted by Gasteiger charge is 2.19. The summed E-state index contributed by atoms with van der Waals surface area (Å²) in [7, 11) is 0. The fourth-order valence-electron chi connectivity index (χ4n) is 2.45. The molecule has 19 heavy (non-hydrogen) atoms. The Bertz CT molecular complexity index is 434. The molecule has 0 saturated carbocycles. The van der Waals surface area contributed by atoms with Crippen molar-refractivity contribution in [3.05, 3.63) is 11.1 Å². The van der Waals surface area contributed by atoms with Gasteiger partial charge in [0.2, 0.25) is 5.91 Å². The van der Waals surface area contributed by atoms with Crippen molar-refractivity contribution in [1.82, 2.24) is 9.88 Å². The number of anilines is 1. The third kappa shape index (κ3) is 3.75. The zero-order chi connectivity index (χ0) is 13.8. The maximum absolute atomic E-state index is 11.5. The zero-order valence-electron chi connectivity index (χ0n) is 11.6. The Hall–Kier alpha value is -0.980. The van der Waals surface area contributed by atoms with E-state index in [1.807, 2.05) is 12.3 Å². The molecule has 0 radical (unpaired) electrons. The van der Waals surface area contributed by atoms with Gasteiger partial charge in [-0.05, 0) is 26.3 Å². The summed E-state index contributed by atoms with van der Waals surface area (Å²) in [5.41, 5.74) is 7.02. The summed E-state index contributed by atoms with van der Waals surface area (Å²) >= 11 is 1.54. The van der Waals surface area contributed by atoms with Gasteiger partial charge in [-0.25, -0.2) is 4.98 Å². The first-order valence-electron chi connectivity index (χ1n) is 6.80. The molecule has 1 fully saturated rings. The number of aromatic nitrogens is 1. The number of nitrogens with zero attached hydrogens (tertiary/aromatic N) is 3. The van der Waals surface area contributed by atoms with Crippen LogP contribution >= 0.6 is 11.3 Å². The molecule has 1 aromatic heterocycles. The second-order valence-corrected chi connectivity index (χ2v) is 5.86. The van der Waals surface area contributed by atoms with E-state index in [9.17, 15) is 4.79 Å². The number of likely N-dealkylation sites (tertiary alicyclic amines) is 1. The third-order valence-corrected chi connectivity index (χ3v) is 4.31. The van der Waals surface area contributed by atoms with Crippen molar-refractivity contribution in [2.75, 3.05) is 24.5 Å². The highest BCUT2D eigenvalue weighted by Crippen LogP contribution is 2.22. The van der Waals surface area contributed by atoms with Crippen molar-refractivity contribution in [3.63, 3.8) is 0 Å². The predicted octanol–water partition coefficient (Wildman–Crippen LogP) is 1.44. The highest BCUT2D eigenvalue weighted by molar-refractivity contribution is 7.14. The SMILES string of the molecule is CCN(C(C)=O)c1nc(CN2CCC[C@@H](N)C2)cs1. The molecule has 1 aromatic rings. The van der Waals surface area contributed by atoms with Gasteiger partial charge in [0, 0.05) is 38.0 Å². The number of carbonyl (C=O) groups excluding carboxylic acids is 1. The second-order valence-electron chi connectivity index (χ2n) is 5.02. The van der Waals surface area contributed by atoms with Gasteiger partial charge in [0.15, 0.2) is 5.13 Å². The van der Waals surface area contributed by atoms with Crippen LogP contribution < -0.4 is 10.6 Å². The molecule has 1 amide bonds. The zero-order valence-corrected chi connectivity index (χ0v) is 12.4. The molecule has 2 N–H and O–H groups in total. The van der Waals surface area contributed by atoms with Crippen LogP contribution in [0, 0.1) is 0 Å². The largest absolute Gasteiger partial charge is 0.327 e. The fraction of sp³-hybridized carbons (Fsp3) is 0.692. The lowest BCUT2D eigenvalue weighted by Crippen LogP contribution is -2.42.